The molecule has 0 amide bonds. The van der Waals surface area contributed by atoms with Gasteiger partial charge in [0, 0.05) is 37.7 Å². The van der Waals surface area contributed by atoms with E-state index in [1.165, 1.54) is 0 Å². The Morgan fingerprint density at radius 2 is 1.89 bits per heavy atom. The number of ether oxygens (including phenoxy) is 2. The Kier molecular flexibility index (Phi) is 6.01. The molecule has 2 aliphatic rings. The highest BCUT2D eigenvalue weighted by Gasteiger charge is 2.43. The van der Waals surface area contributed by atoms with Crippen molar-refractivity contribution in [3.8, 4) is 17.1 Å². The number of aromatic nitrogens is 2. The molecule has 2 aromatic carbocycles. The van der Waals surface area contributed by atoms with E-state index in [-0.39, 0.29) is 12.4 Å². The molecule has 0 N–H and O–H groups in total. The quantitative estimate of drug-likeness (QED) is 0.499. The van der Waals surface area contributed by atoms with Crippen molar-refractivity contribution in [2.45, 2.75) is 45.6 Å². The highest BCUT2D eigenvalue weighted by Crippen LogP contribution is 2.40. The summed E-state index contributed by atoms with van der Waals surface area (Å²) in [7, 11) is 0. The first kappa shape index (κ1) is 23.0. The third-order valence-corrected chi connectivity index (χ3v) is 6.76. The molecule has 0 saturated carbocycles. The third kappa shape index (κ3) is 4.50. The van der Waals surface area contributed by atoms with Gasteiger partial charge in [-0.3, -0.25) is 4.79 Å². The third-order valence-electron chi connectivity index (χ3n) is 6.76. The SMILES string of the molecule is CCOC(=O)c1cnc(-c2cccc(C)c2)nc1N1CCC2(CC1)CC(=O)c1cc(C)ccc1O2. The van der Waals surface area contributed by atoms with Gasteiger partial charge in [-0.25, -0.2) is 14.8 Å². The van der Waals surface area contributed by atoms with E-state index in [2.05, 4.69) is 9.88 Å². The van der Waals surface area contributed by atoms with Gasteiger partial charge in [-0.05, 0) is 39.0 Å². The first-order valence-electron chi connectivity index (χ1n) is 12.1. The van der Waals surface area contributed by atoms with Crippen molar-refractivity contribution in [2.75, 3.05) is 24.6 Å². The number of rotatable bonds is 4. The number of piperidine rings is 1. The minimum atomic E-state index is -0.535. The van der Waals surface area contributed by atoms with Gasteiger partial charge in [-0.2, -0.15) is 0 Å². The molecule has 7 nitrogen and oxygen atoms in total. The number of nitrogens with zero attached hydrogens (tertiary/aromatic N) is 3. The summed E-state index contributed by atoms with van der Waals surface area (Å²) < 4.78 is 11.7. The van der Waals surface area contributed by atoms with Gasteiger partial charge in [-0.15, -0.1) is 0 Å². The number of anilines is 1. The number of fused-ring (bicyclic) bond motifs is 1. The molecule has 1 spiro atoms. The number of aryl methyl sites for hydroxylation is 2. The molecule has 1 saturated heterocycles. The van der Waals surface area contributed by atoms with Crippen molar-refractivity contribution in [1.29, 1.82) is 0 Å². The first-order chi connectivity index (χ1) is 16.9. The summed E-state index contributed by atoms with van der Waals surface area (Å²) in [5, 5.41) is 0. The maximum absolute atomic E-state index is 12.9. The van der Waals surface area contributed by atoms with Gasteiger partial charge >= 0.3 is 5.97 Å². The van der Waals surface area contributed by atoms with Gasteiger partial charge in [0.05, 0.1) is 18.6 Å². The normalized spacial score (nSPS) is 16.5. The van der Waals surface area contributed by atoms with Gasteiger partial charge in [-0.1, -0.05) is 35.4 Å². The van der Waals surface area contributed by atoms with Crippen molar-refractivity contribution in [3.63, 3.8) is 0 Å². The second-order valence-electron chi connectivity index (χ2n) is 9.39. The number of benzene rings is 2. The number of ketones is 1. The van der Waals surface area contributed by atoms with Crippen molar-refractivity contribution in [1.82, 2.24) is 9.97 Å². The molecule has 180 valence electrons. The highest BCUT2D eigenvalue weighted by atomic mass is 16.5. The van der Waals surface area contributed by atoms with Crippen LogP contribution in [0.15, 0.2) is 48.7 Å². The van der Waals surface area contributed by atoms with Crippen molar-refractivity contribution < 1.29 is 19.1 Å². The standard InChI is InChI=1S/C28H29N3O4/c1-4-34-27(33)22-17-29-25(20-7-5-6-18(2)14-20)30-26(22)31-12-10-28(11-13-31)16-23(32)21-15-19(3)8-9-24(21)35-28/h5-9,14-15,17H,4,10-13,16H2,1-3H3. The Morgan fingerprint density at radius 1 is 1.11 bits per heavy atom. The minimum absolute atomic E-state index is 0.124. The van der Waals surface area contributed by atoms with E-state index in [1.54, 1.807) is 13.1 Å². The van der Waals surface area contributed by atoms with E-state index >= 15 is 0 Å². The van der Waals surface area contributed by atoms with Crippen LogP contribution in [0, 0.1) is 13.8 Å². The Labute approximate surface area is 205 Å². The van der Waals surface area contributed by atoms with E-state index in [1.807, 2.05) is 56.3 Å². The summed E-state index contributed by atoms with van der Waals surface area (Å²) in [6, 6.07) is 13.7. The van der Waals surface area contributed by atoms with E-state index < -0.39 is 11.6 Å². The summed E-state index contributed by atoms with van der Waals surface area (Å²) in [6.07, 6.45) is 3.22. The highest BCUT2D eigenvalue weighted by molar-refractivity contribution is 6.00. The van der Waals surface area contributed by atoms with E-state index in [4.69, 9.17) is 14.5 Å². The number of carbonyl (C=O) groups is 2. The molecule has 0 radical (unpaired) electrons. The molecule has 5 rings (SSSR count). The molecular weight excluding hydrogens is 442 g/mol. The molecule has 0 bridgehead atoms. The topological polar surface area (TPSA) is 81.6 Å². The van der Waals surface area contributed by atoms with Crippen LogP contribution in [0.3, 0.4) is 0 Å². The fraction of sp³-hybridized carbons (Fsp3) is 0.357. The number of carbonyl (C=O) groups excluding carboxylic acids is 2. The Bertz CT molecular complexity index is 1300. The molecule has 35 heavy (non-hydrogen) atoms. The van der Waals surface area contributed by atoms with Crippen LogP contribution in [0.4, 0.5) is 5.82 Å². The molecule has 3 aromatic rings. The van der Waals surface area contributed by atoms with Crippen molar-refractivity contribution in [3.05, 3.63) is 70.9 Å². The molecule has 1 aromatic heterocycles. The van der Waals surface area contributed by atoms with Gasteiger partial charge in [0.2, 0.25) is 0 Å². The van der Waals surface area contributed by atoms with Crippen LogP contribution in [0.5, 0.6) is 5.75 Å². The van der Waals surface area contributed by atoms with Gasteiger partial charge in [0.25, 0.3) is 0 Å². The smallest absolute Gasteiger partial charge is 0.343 e. The van der Waals surface area contributed by atoms with Gasteiger partial charge in [0.1, 0.15) is 22.7 Å². The summed E-state index contributed by atoms with van der Waals surface area (Å²) in [5.41, 5.74) is 3.53. The summed E-state index contributed by atoms with van der Waals surface area (Å²) >= 11 is 0. The number of Topliss-reactive ketones (excluding diaryl/α,β-unsaturated/α-hetero) is 1. The summed E-state index contributed by atoms with van der Waals surface area (Å²) in [5.74, 6) is 1.47. The first-order valence-corrected chi connectivity index (χ1v) is 12.1. The second kappa shape index (κ2) is 9.13. The summed E-state index contributed by atoms with van der Waals surface area (Å²) in [4.78, 5) is 37.0. The lowest BCUT2D eigenvalue weighted by Gasteiger charge is -2.44. The maximum atomic E-state index is 12.9. The minimum Gasteiger partial charge on any atom is -0.486 e. The van der Waals surface area contributed by atoms with Crippen LogP contribution in [-0.4, -0.2) is 47.0 Å². The number of hydrogen-bond donors (Lipinski definition) is 0. The van der Waals surface area contributed by atoms with E-state index in [9.17, 15) is 9.59 Å². The lowest BCUT2D eigenvalue weighted by Crippen LogP contribution is -2.51. The average Bonchev–Trinajstić information content (AvgIpc) is 2.85. The lowest BCUT2D eigenvalue weighted by molar-refractivity contribution is 0.0231. The molecule has 7 heteroatoms. The summed E-state index contributed by atoms with van der Waals surface area (Å²) in [6.45, 7) is 7.25. The van der Waals surface area contributed by atoms with Gasteiger partial charge < -0.3 is 14.4 Å². The second-order valence-corrected chi connectivity index (χ2v) is 9.39. The Hall–Kier alpha value is -3.74. The number of esters is 1. The van der Waals surface area contributed by atoms with Crippen LogP contribution in [0.1, 0.15) is 58.0 Å². The van der Waals surface area contributed by atoms with Crippen LogP contribution in [0.2, 0.25) is 0 Å². The fourth-order valence-corrected chi connectivity index (χ4v) is 4.90. The molecular formula is C28H29N3O4. The zero-order valence-electron chi connectivity index (χ0n) is 20.3. The fourth-order valence-electron chi connectivity index (χ4n) is 4.90. The largest absolute Gasteiger partial charge is 0.486 e. The van der Waals surface area contributed by atoms with Crippen LogP contribution >= 0.6 is 0 Å². The maximum Gasteiger partial charge on any atom is 0.343 e. The van der Waals surface area contributed by atoms with Crippen LogP contribution in [-0.2, 0) is 4.74 Å². The zero-order valence-corrected chi connectivity index (χ0v) is 20.3. The van der Waals surface area contributed by atoms with Crippen molar-refractivity contribution >= 4 is 17.6 Å². The molecule has 2 aliphatic heterocycles. The molecule has 3 heterocycles. The number of hydrogen-bond acceptors (Lipinski definition) is 7. The molecule has 1 fully saturated rings. The monoisotopic (exact) mass is 471 g/mol. The van der Waals surface area contributed by atoms with Crippen LogP contribution < -0.4 is 9.64 Å². The van der Waals surface area contributed by atoms with Crippen molar-refractivity contribution in [2.24, 2.45) is 0 Å². The average molecular weight is 472 g/mol. The predicted molar refractivity (Wildman–Crippen MR) is 133 cm³/mol. The molecule has 0 aliphatic carbocycles. The lowest BCUT2D eigenvalue weighted by atomic mass is 9.82. The molecule has 0 atom stereocenters. The Morgan fingerprint density at radius 3 is 2.63 bits per heavy atom. The van der Waals surface area contributed by atoms with Gasteiger partial charge in [0.15, 0.2) is 11.6 Å². The van der Waals surface area contributed by atoms with Crippen LogP contribution in [0.25, 0.3) is 11.4 Å². The van der Waals surface area contributed by atoms with E-state index in [0.717, 1.165) is 16.7 Å². The van der Waals surface area contributed by atoms with E-state index in [0.29, 0.717) is 60.9 Å². The predicted octanol–water partition coefficient (Wildman–Crippen LogP) is 4.94. The Balaban J connectivity index is 1.43. The molecule has 0 unspecified atom stereocenters. The zero-order chi connectivity index (χ0) is 24.6.